The van der Waals surface area contributed by atoms with E-state index in [0.29, 0.717) is 6.42 Å². The Morgan fingerprint density at radius 3 is 2.86 bits per heavy atom. The quantitative estimate of drug-likeness (QED) is 0.571. The van der Waals surface area contributed by atoms with E-state index < -0.39 is 0 Å². The summed E-state index contributed by atoms with van der Waals surface area (Å²) >= 11 is 8.07. The standard InChI is InChI=1S/C17H14ClFOS/c1-20-14-4-2-3-11(7-14)8-15(18)17-9-12-5-6-13(19)10-16(12)21-17/h2-7,9-10,15H,8H2,1H3. The van der Waals surface area contributed by atoms with Gasteiger partial charge in [0.1, 0.15) is 11.6 Å². The minimum Gasteiger partial charge on any atom is -0.497 e. The van der Waals surface area contributed by atoms with Gasteiger partial charge >= 0.3 is 0 Å². The predicted octanol–water partition coefficient (Wildman–Crippen LogP) is 5.57. The van der Waals surface area contributed by atoms with Gasteiger partial charge in [0, 0.05) is 9.58 Å². The summed E-state index contributed by atoms with van der Waals surface area (Å²) in [5.74, 6) is 0.615. The Morgan fingerprint density at radius 2 is 2.05 bits per heavy atom. The van der Waals surface area contributed by atoms with Crippen molar-refractivity contribution in [3.05, 3.63) is 64.8 Å². The van der Waals surface area contributed by atoms with Crippen LogP contribution in [0.3, 0.4) is 0 Å². The van der Waals surface area contributed by atoms with Gasteiger partial charge in [0.15, 0.2) is 0 Å². The second-order valence-electron chi connectivity index (χ2n) is 4.85. The highest BCUT2D eigenvalue weighted by Crippen LogP contribution is 2.35. The molecular weight excluding hydrogens is 307 g/mol. The number of thiophene rings is 1. The number of ether oxygens (including phenoxy) is 1. The number of benzene rings is 2. The van der Waals surface area contributed by atoms with E-state index in [1.165, 1.54) is 6.07 Å². The highest BCUT2D eigenvalue weighted by atomic mass is 35.5. The van der Waals surface area contributed by atoms with Crippen LogP contribution in [0.4, 0.5) is 4.39 Å². The highest BCUT2D eigenvalue weighted by molar-refractivity contribution is 7.19. The highest BCUT2D eigenvalue weighted by Gasteiger charge is 2.13. The molecular formula is C17H14ClFOS. The number of rotatable bonds is 4. The Labute approximate surface area is 131 Å². The van der Waals surface area contributed by atoms with E-state index in [4.69, 9.17) is 16.3 Å². The van der Waals surface area contributed by atoms with Crippen LogP contribution < -0.4 is 4.74 Å². The average Bonchev–Trinajstić information content (AvgIpc) is 2.90. The van der Waals surface area contributed by atoms with Crippen molar-refractivity contribution >= 4 is 33.0 Å². The summed E-state index contributed by atoms with van der Waals surface area (Å²) < 4.78 is 19.4. The Balaban J connectivity index is 1.84. The van der Waals surface area contributed by atoms with Crippen LogP contribution >= 0.6 is 22.9 Å². The van der Waals surface area contributed by atoms with Crippen LogP contribution in [0.15, 0.2) is 48.5 Å². The Kier molecular flexibility index (Phi) is 4.13. The zero-order valence-electron chi connectivity index (χ0n) is 11.5. The molecule has 2 aromatic carbocycles. The predicted molar refractivity (Wildman–Crippen MR) is 87.1 cm³/mol. The molecule has 108 valence electrons. The molecule has 1 unspecified atom stereocenters. The third kappa shape index (κ3) is 3.20. The second-order valence-corrected chi connectivity index (χ2v) is 6.50. The maximum atomic E-state index is 13.2. The van der Waals surface area contributed by atoms with Crippen LogP contribution in [-0.2, 0) is 6.42 Å². The average molecular weight is 321 g/mol. The SMILES string of the molecule is COc1cccc(CC(Cl)c2cc3ccc(F)cc3s2)c1. The molecule has 0 spiro atoms. The van der Waals surface area contributed by atoms with Gasteiger partial charge in [-0.1, -0.05) is 18.2 Å². The number of fused-ring (bicyclic) bond motifs is 1. The van der Waals surface area contributed by atoms with E-state index in [-0.39, 0.29) is 11.2 Å². The largest absolute Gasteiger partial charge is 0.497 e. The van der Waals surface area contributed by atoms with E-state index in [2.05, 4.69) is 0 Å². The van der Waals surface area contributed by atoms with E-state index >= 15 is 0 Å². The summed E-state index contributed by atoms with van der Waals surface area (Å²) in [5.41, 5.74) is 1.12. The zero-order valence-corrected chi connectivity index (χ0v) is 13.0. The van der Waals surface area contributed by atoms with Crippen LogP contribution in [0.5, 0.6) is 5.75 Å². The number of alkyl halides is 1. The van der Waals surface area contributed by atoms with E-state index in [1.54, 1.807) is 30.6 Å². The third-order valence-corrected chi connectivity index (χ3v) is 5.09. The lowest BCUT2D eigenvalue weighted by Crippen LogP contribution is -1.94. The molecule has 0 saturated carbocycles. The van der Waals surface area contributed by atoms with Crippen molar-refractivity contribution in [1.29, 1.82) is 0 Å². The maximum Gasteiger partial charge on any atom is 0.124 e. The van der Waals surface area contributed by atoms with E-state index in [0.717, 1.165) is 26.3 Å². The summed E-state index contributed by atoms with van der Waals surface area (Å²) in [4.78, 5) is 1.06. The molecule has 0 fully saturated rings. The number of hydrogen-bond donors (Lipinski definition) is 0. The molecule has 0 N–H and O–H groups in total. The van der Waals surface area contributed by atoms with Crippen LogP contribution in [0.25, 0.3) is 10.1 Å². The van der Waals surface area contributed by atoms with Crippen LogP contribution in [0.2, 0.25) is 0 Å². The fraction of sp³-hybridized carbons (Fsp3) is 0.176. The monoisotopic (exact) mass is 320 g/mol. The van der Waals surface area contributed by atoms with Gasteiger partial charge < -0.3 is 4.74 Å². The fourth-order valence-electron chi connectivity index (χ4n) is 2.29. The third-order valence-electron chi connectivity index (χ3n) is 3.36. The molecule has 3 aromatic rings. The molecule has 0 bridgehead atoms. The molecule has 0 radical (unpaired) electrons. The van der Waals surface area contributed by atoms with Crippen molar-refractivity contribution in [3.8, 4) is 5.75 Å². The number of hydrogen-bond acceptors (Lipinski definition) is 2. The topological polar surface area (TPSA) is 9.23 Å². The first-order valence-corrected chi connectivity index (χ1v) is 7.87. The minimum absolute atomic E-state index is 0.127. The first kappa shape index (κ1) is 14.4. The van der Waals surface area contributed by atoms with Gasteiger partial charge in [-0.2, -0.15) is 0 Å². The molecule has 1 nitrogen and oxygen atoms in total. The van der Waals surface area contributed by atoms with E-state index in [1.807, 2.05) is 30.3 Å². The molecule has 1 aromatic heterocycles. The summed E-state index contributed by atoms with van der Waals surface area (Å²) in [7, 11) is 1.65. The molecule has 3 rings (SSSR count). The van der Waals surface area contributed by atoms with Gasteiger partial charge in [-0.25, -0.2) is 4.39 Å². The maximum absolute atomic E-state index is 13.2. The first-order chi connectivity index (χ1) is 10.2. The molecule has 4 heteroatoms. The Bertz CT molecular complexity index is 768. The normalized spacial score (nSPS) is 12.5. The van der Waals surface area contributed by atoms with Crippen molar-refractivity contribution in [3.63, 3.8) is 0 Å². The lowest BCUT2D eigenvalue weighted by Gasteiger charge is -2.08. The van der Waals surface area contributed by atoms with Crippen molar-refractivity contribution in [1.82, 2.24) is 0 Å². The summed E-state index contributed by atoms with van der Waals surface area (Å²) in [6.45, 7) is 0. The van der Waals surface area contributed by atoms with Crippen LogP contribution in [0, 0.1) is 5.82 Å². The number of halogens is 2. The molecule has 0 saturated heterocycles. The minimum atomic E-state index is -0.213. The van der Waals surface area contributed by atoms with Crippen molar-refractivity contribution in [2.75, 3.05) is 7.11 Å². The van der Waals surface area contributed by atoms with Gasteiger partial charge in [-0.15, -0.1) is 22.9 Å². The van der Waals surface area contributed by atoms with Crippen molar-refractivity contribution < 1.29 is 9.13 Å². The lowest BCUT2D eigenvalue weighted by atomic mass is 10.1. The summed E-state index contributed by atoms with van der Waals surface area (Å²) in [5, 5.41) is 0.908. The van der Waals surface area contributed by atoms with Crippen LogP contribution in [0.1, 0.15) is 15.8 Å². The molecule has 0 amide bonds. The Hall–Kier alpha value is -1.58. The van der Waals surface area contributed by atoms with Gasteiger partial charge in [0.2, 0.25) is 0 Å². The number of methoxy groups -OCH3 is 1. The van der Waals surface area contributed by atoms with Crippen molar-refractivity contribution in [2.45, 2.75) is 11.8 Å². The van der Waals surface area contributed by atoms with E-state index in [9.17, 15) is 4.39 Å². The van der Waals surface area contributed by atoms with Gasteiger partial charge in [-0.05, 0) is 47.7 Å². The second kappa shape index (κ2) is 6.04. The van der Waals surface area contributed by atoms with Crippen molar-refractivity contribution in [2.24, 2.45) is 0 Å². The summed E-state index contributed by atoms with van der Waals surface area (Å²) in [6, 6.07) is 14.8. The fourth-order valence-corrected chi connectivity index (χ4v) is 3.73. The molecule has 1 heterocycles. The molecule has 0 aliphatic rings. The molecule has 0 aliphatic carbocycles. The Morgan fingerprint density at radius 1 is 1.19 bits per heavy atom. The smallest absolute Gasteiger partial charge is 0.124 e. The van der Waals surface area contributed by atoms with Gasteiger partial charge in [0.05, 0.1) is 12.5 Å². The lowest BCUT2D eigenvalue weighted by molar-refractivity contribution is 0.414. The van der Waals surface area contributed by atoms with Gasteiger partial charge in [0.25, 0.3) is 0 Å². The first-order valence-electron chi connectivity index (χ1n) is 6.62. The zero-order chi connectivity index (χ0) is 14.8. The summed E-state index contributed by atoms with van der Waals surface area (Å²) in [6.07, 6.45) is 0.716. The van der Waals surface area contributed by atoms with Gasteiger partial charge in [-0.3, -0.25) is 0 Å². The molecule has 21 heavy (non-hydrogen) atoms. The molecule has 1 atom stereocenters. The molecule has 0 aliphatic heterocycles. The van der Waals surface area contributed by atoms with Crippen LogP contribution in [-0.4, -0.2) is 7.11 Å².